The number of rotatable bonds is 5. The summed E-state index contributed by atoms with van der Waals surface area (Å²) in [5.74, 6) is 2.57. The van der Waals surface area contributed by atoms with Crippen molar-refractivity contribution in [2.24, 2.45) is 0 Å². The maximum absolute atomic E-state index is 11.7. The molecule has 1 fully saturated rings. The lowest BCUT2D eigenvalue weighted by Crippen LogP contribution is -2.11. The number of carbonyl (C=O) groups is 1. The minimum absolute atomic E-state index is 0.126. The summed E-state index contributed by atoms with van der Waals surface area (Å²) in [4.78, 5) is 11.7. The first-order valence-corrected chi connectivity index (χ1v) is 8.52. The molecule has 2 nitrogen and oxygen atoms in total. The summed E-state index contributed by atoms with van der Waals surface area (Å²) in [7, 11) is 0. The summed E-state index contributed by atoms with van der Waals surface area (Å²) in [6.45, 7) is 2.10. The molecule has 0 aliphatic carbocycles. The number of unbranched alkanes of at least 4 members (excludes halogenated alkanes) is 1. The molecule has 0 aromatic heterocycles. The van der Waals surface area contributed by atoms with Gasteiger partial charge in [0, 0.05) is 23.6 Å². The van der Waals surface area contributed by atoms with E-state index in [4.69, 9.17) is 0 Å². The number of carbonyl (C=O) groups excluding carboxylic acids is 1. The van der Waals surface area contributed by atoms with Crippen molar-refractivity contribution >= 4 is 35.1 Å². The van der Waals surface area contributed by atoms with Gasteiger partial charge in [-0.15, -0.1) is 23.5 Å². The van der Waals surface area contributed by atoms with Crippen LogP contribution in [0.15, 0.2) is 24.3 Å². The lowest BCUT2D eigenvalue weighted by atomic mass is 10.2. The molecule has 1 saturated heterocycles. The van der Waals surface area contributed by atoms with Crippen LogP contribution in [0, 0.1) is 0 Å². The number of benzene rings is 1. The van der Waals surface area contributed by atoms with Crippen molar-refractivity contribution in [3.05, 3.63) is 29.8 Å². The number of amides is 1. The van der Waals surface area contributed by atoms with Gasteiger partial charge in [0.25, 0.3) is 0 Å². The monoisotopic (exact) mass is 281 g/mol. The highest BCUT2D eigenvalue weighted by molar-refractivity contribution is 8.19. The average Bonchev–Trinajstić information content (AvgIpc) is 2.90. The number of nitrogens with one attached hydrogen (secondary N) is 1. The van der Waals surface area contributed by atoms with Gasteiger partial charge in [0.05, 0.1) is 4.58 Å². The van der Waals surface area contributed by atoms with Gasteiger partial charge in [0.1, 0.15) is 0 Å². The van der Waals surface area contributed by atoms with Gasteiger partial charge in [-0.2, -0.15) is 0 Å². The summed E-state index contributed by atoms with van der Waals surface area (Å²) in [6, 6.07) is 8.26. The third-order valence-corrected chi connectivity index (χ3v) is 5.93. The van der Waals surface area contributed by atoms with Gasteiger partial charge in [-0.05, 0) is 24.1 Å². The van der Waals surface area contributed by atoms with Crippen LogP contribution in [0.25, 0.3) is 0 Å². The second-order valence-electron chi connectivity index (χ2n) is 4.35. The zero-order valence-corrected chi connectivity index (χ0v) is 12.3. The minimum atomic E-state index is 0.126. The van der Waals surface area contributed by atoms with Crippen molar-refractivity contribution in [1.29, 1.82) is 0 Å². The Morgan fingerprint density at radius 1 is 1.39 bits per heavy atom. The van der Waals surface area contributed by atoms with Gasteiger partial charge in [-0.1, -0.05) is 25.5 Å². The molecule has 0 spiro atoms. The summed E-state index contributed by atoms with van der Waals surface area (Å²) in [5, 5.41) is 2.98. The molecular formula is C14H19NOS2. The molecule has 1 N–H and O–H groups in total. The molecule has 0 unspecified atom stereocenters. The second-order valence-corrected chi connectivity index (χ2v) is 7.08. The molecule has 1 amide bonds. The summed E-state index contributed by atoms with van der Waals surface area (Å²) >= 11 is 3.97. The molecule has 1 aliphatic heterocycles. The molecule has 18 heavy (non-hydrogen) atoms. The van der Waals surface area contributed by atoms with Crippen molar-refractivity contribution in [2.75, 3.05) is 16.8 Å². The van der Waals surface area contributed by atoms with E-state index in [1.54, 1.807) is 0 Å². The van der Waals surface area contributed by atoms with Gasteiger partial charge < -0.3 is 5.32 Å². The fourth-order valence-corrected chi connectivity index (χ4v) is 4.71. The quantitative estimate of drug-likeness (QED) is 0.872. The van der Waals surface area contributed by atoms with Crippen molar-refractivity contribution in [3.8, 4) is 0 Å². The molecule has 2 rings (SSSR count). The van der Waals surface area contributed by atoms with Crippen molar-refractivity contribution in [3.63, 3.8) is 0 Å². The van der Waals surface area contributed by atoms with Crippen molar-refractivity contribution in [1.82, 2.24) is 0 Å². The maximum atomic E-state index is 11.7. The Morgan fingerprint density at radius 2 is 2.17 bits per heavy atom. The van der Waals surface area contributed by atoms with Crippen molar-refractivity contribution in [2.45, 2.75) is 30.8 Å². The Hall–Kier alpha value is -0.610. The topological polar surface area (TPSA) is 29.1 Å². The smallest absolute Gasteiger partial charge is 0.224 e. The number of hydrogen-bond donors (Lipinski definition) is 1. The van der Waals surface area contributed by atoms with E-state index in [-0.39, 0.29) is 5.91 Å². The molecule has 1 aromatic rings. The van der Waals surface area contributed by atoms with Crippen LogP contribution in [-0.4, -0.2) is 17.4 Å². The van der Waals surface area contributed by atoms with Crippen LogP contribution in [-0.2, 0) is 4.79 Å². The first-order valence-electron chi connectivity index (χ1n) is 6.42. The SMILES string of the molecule is CCCCC(=O)Nc1cccc(C2SCCS2)c1. The molecular weight excluding hydrogens is 262 g/mol. The second kappa shape index (κ2) is 7.10. The highest BCUT2D eigenvalue weighted by Gasteiger charge is 2.18. The standard InChI is InChI=1S/C14H19NOS2/c1-2-3-7-13(16)15-12-6-4-5-11(10-12)14-17-8-9-18-14/h4-6,10,14H,2-3,7-9H2,1H3,(H,15,16). The predicted molar refractivity (Wildman–Crippen MR) is 82.3 cm³/mol. The largest absolute Gasteiger partial charge is 0.326 e. The lowest BCUT2D eigenvalue weighted by Gasteiger charge is -2.11. The first-order chi connectivity index (χ1) is 8.79. The van der Waals surface area contributed by atoms with E-state index in [0.717, 1.165) is 18.5 Å². The summed E-state index contributed by atoms with van der Waals surface area (Å²) in [6.07, 6.45) is 2.64. The van der Waals surface area contributed by atoms with Crippen LogP contribution in [0.1, 0.15) is 36.3 Å². The Labute approximate surface area is 117 Å². The molecule has 0 atom stereocenters. The fraction of sp³-hybridized carbons (Fsp3) is 0.500. The van der Waals surface area contributed by atoms with Crippen molar-refractivity contribution < 1.29 is 4.79 Å². The highest BCUT2D eigenvalue weighted by atomic mass is 32.2. The third kappa shape index (κ3) is 3.95. The molecule has 98 valence electrons. The molecule has 1 aromatic carbocycles. The van der Waals surface area contributed by atoms with Crippen LogP contribution in [0.5, 0.6) is 0 Å². The van der Waals surface area contributed by atoms with E-state index in [9.17, 15) is 4.79 Å². The van der Waals surface area contributed by atoms with Gasteiger partial charge in [0.15, 0.2) is 0 Å². The summed E-state index contributed by atoms with van der Waals surface area (Å²) < 4.78 is 0.539. The Balaban J connectivity index is 1.96. The number of thioether (sulfide) groups is 2. The zero-order valence-electron chi connectivity index (χ0n) is 10.6. The average molecular weight is 281 g/mol. The van der Waals surface area contributed by atoms with E-state index in [2.05, 4.69) is 24.4 Å². The van der Waals surface area contributed by atoms with E-state index in [1.165, 1.54) is 17.1 Å². The van der Waals surface area contributed by atoms with E-state index < -0.39 is 0 Å². The number of hydrogen-bond acceptors (Lipinski definition) is 3. The molecule has 1 heterocycles. The fourth-order valence-electron chi connectivity index (χ4n) is 1.87. The van der Waals surface area contributed by atoms with E-state index >= 15 is 0 Å². The Morgan fingerprint density at radius 3 is 2.89 bits per heavy atom. The van der Waals surface area contributed by atoms with Crippen LogP contribution < -0.4 is 5.32 Å². The lowest BCUT2D eigenvalue weighted by molar-refractivity contribution is -0.116. The molecule has 0 bridgehead atoms. The molecule has 1 aliphatic rings. The van der Waals surface area contributed by atoms with Gasteiger partial charge in [-0.3, -0.25) is 4.79 Å². The molecule has 0 radical (unpaired) electrons. The first kappa shape index (κ1) is 13.8. The van der Waals surface area contributed by atoms with Gasteiger partial charge in [-0.25, -0.2) is 0 Å². The summed E-state index contributed by atoms with van der Waals surface area (Å²) in [5.41, 5.74) is 2.25. The normalized spacial score (nSPS) is 15.8. The van der Waals surface area contributed by atoms with Crippen LogP contribution in [0.2, 0.25) is 0 Å². The molecule has 4 heteroatoms. The van der Waals surface area contributed by atoms with Crippen LogP contribution >= 0.6 is 23.5 Å². The van der Waals surface area contributed by atoms with Crippen LogP contribution in [0.3, 0.4) is 0 Å². The predicted octanol–water partition coefficient (Wildman–Crippen LogP) is 4.29. The number of anilines is 1. The third-order valence-electron chi connectivity index (χ3n) is 2.82. The van der Waals surface area contributed by atoms with Crippen LogP contribution in [0.4, 0.5) is 5.69 Å². The highest BCUT2D eigenvalue weighted by Crippen LogP contribution is 2.45. The van der Waals surface area contributed by atoms with E-state index in [1.807, 2.05) is 35.7 Å². The zero-order chi connectivity index (χ0) is 12.8. The Bertz CT molecular complexity index is 403. The molecule has 0 saturated carbocycles. The Kier molecular flexibility index (Phi) is 5.45. The van der Waals surface area contributed by atoms with Gasteiger partial charge in [0.2, 0.25) is 5.91 Å². The van der Waals surface area contributed by atoms with Gasteiger partial charge >= 0.3 is 0 Å². The van der Waals surface area contributed by atoms with E-state index in [0.29, 0.717) is 11.0 Å². The minimum Gasteiger partial charge on any atom is -0.326 e. The maximum Gasteiger partial charge on any atom is 0.224 e.